The summed E-state index contributed by atoms with van der Waals surface area (Å²) in [6, 6.07) is 5.63. The molecule has 5 nitrogen and oxygen atoms in total. The fourth-order valence-electron chi connectivity index (χ4n) is 2.63. The molecule has 2 aromatic rings. The van der Waals surface area contributed by atoms with Crippen molar-refractivity contribution < 1.29 is 9.90 Å². The van der Waals surface area contributed by atoms with Crippen molar-refractivity contribution in [3.8, 4) is 0 Å². The van der Waals surface area contributed by atoms with Crippen LogP contribution < -0.4 is 5.32 Å². The van der Waals surface area contributed by atoms with Crippen LogP contribution in [0.5, 0.6) is 0 Å². The van der Waals surface area contributed by atoms with E-state index in [1.165, 1.54) is 0 Å². The number of aliphatic hydroxyl groups is 1. The maximum absolute atomic E-state index is 12.7. The van der Waals surface area contributed by atoms with E-state index in [2.05, 4.69) is 16.9 Å². The molecule has 1 amide bonds. The molecule has 0 spiro atoms. The van der Waals surface area contributed by atoms with Crippen LogP contribution in [0.1, 0.15) is 60.5 Å². The van der Waals surface area contributed by atoms with Crippen molar-refractivity contribution >= 4 is 28.6 Å². The summed E-state index contributed by atoms with van der Waals surface area (Å²) in [7, 11) is 0. The molecule has 142 valence electrons. The molecular weight excluding hydrogens is 326 g/mol. The Kier molecular flexibility index (Phi) is 5.34. The molecule has 0 fully saturated rings. The number of amides is 1. The molecule has 1 heterocycles. The van der Waals surface area contributed by atoms with Crippen LogP contribution in [-0.2, 0) is 10.4 Å². The van der Waals surface area contributed by atoms with Crippen LogP contribution in [0.15, 0.2) is 24.8 Å². The van der Waals surface area contributed by atoms with E-state index in [0.717, 1.165) is 28.7 Å². The Bertz CT molecular complexity index is 835. The molecule has 0 aliphatic heterocycles. The second-order valence-corrected chi connectivity index (χ2v) is 8.53. The van der Waals surface area contributed by atoms with Gasteiger partial charge in [-0.25, -0.2) is 4.98 Å². The van der Waals surface area contributed by atoms with Gasteiger partial charge in [-0.05, 0) is 43.4 Å². The summed E-state index contributed by atoms with van der Waals surface area (Å²) in [4.78, 5) is 17.3. The summed E-state index contributed by atoms with van der Waals surface area (Å²) in [5.41, 5.74) is 2.11. The SMILES string of the molecule is C=C(CC)n1c(NC(=O)[C@@H](C)C(C)(C)C)nc2ccc(C(C)(C)O)cc21. The first-order valence-corrected chi connectivity index (χ1v) is 9.10. The highest BCUT2D eigenvalue weighted by atomic mass is 16.3. The van der Waals surface area contributed by atoms with Crippen molar-refractivity contribution in [2.45, 2.75) is 60.5 Å². The van der Waals surface area contributed by atoms with E-state index >= 15 is 0 Å². The van der Waals surface area contributed by atoms with Crippen molar-refractivity contribution in [2.75, 3.05) is 5.32 Å². The Morgan fingerprint density at radius 1 is 1.31 bits per heavy atom. The van der Waals surface area contributed by atoms with Gasteiger partial charge in [0.1, 0.15) is 0 Å². The summed E-state index contributed by atoms with van der Waals surface area (Å²) < 4.78 is 1.87. The summed E-state index contributed by atoms with van der Waals surface area (Å²) in [5, 5.41) is 13.3. The number of benzene rings is 1. The van der Waals surface area contributed by atoms with E-state index in [0.29, 0.717) is 5.95 Å². The third-order valence-corrected chi connectivity index (χ3v) is 5.01. The fraction of sp³-hybridized carbons (Fsp3) is 0.524. The van der Waals surface area contributed by atoms with Crippen LogP contribution in [0, 0.1) is 11.3 Å². The average Bonchev–Trinajstić information content (AvgIpc) is 2.88. The Balaban J connectivity index is 2.56. The lowest BCUT2D eigenvalue weighted by Gasteiger charge is -2.26. The van der Waals surface area contributed by atoms with E-state index in [-0.39, 0.29) is 17.2 Å². The molecule has 0 aliphatic rings. The molecule has 2 rings (SSSR count). The normalized spacial score (nSPS) is 13.7. The molecule has 0 saturated carbocycles. The van der Waals surface area contributed by atoms with Crippen LogP contribution in [-0.4, -0.2) is 20.6 Å². The molecule has 0 aliphatic carbocycles. The number of aromatic nitrogens is 2. The molecule has 0 radical (unpaired) electrons. The zero-order valence-corrected chi connectivity index (χ0v) is 17.0. The summed E-state index contributed by atoms with van der Waals surface area (Å²) in [5.74, 6) is 0.235. The zero-order valence-electron chi connectivity index (χ0n) is 17.0. The molecule has 1 aromatic heterocycles. The number of carbonyl (C=O) groups is 1. The standard InChI is InChI=1S/C21H31N3O2/c1-9-13(2)24-17-12-15(21(7,8)26)10-11-16(17)22-19(24)23-18(25)14(3)20(4,5)6/h10-12,14,26H,2,9H2,1,3-8H3,(H,22,23,25)/t14-/m1/s1. The summed E-state index contributed by atoms with van der Waals surface area (Å²) in [6.45, 7) is 17.7. The third kappa shape index (κ3) is 3.98. The maximum atomic E-state index is 12.7. The average molecular weight is 357 g/mol. The smallest absolute Gasteiger partial charge is 0.230 e. The van der Waals surface area contributed by atoms with Crippen molar-refractivity contribution in [3.05, 3.63) is 30.3 Å². The molecule has 0 unspecified atom stereocenters. The highest BCUT2D eigenvalue weighted by Gasteiger charge is 2.28. The molecule has 1 atom stereocenters. The van der Waals surface area contributed by atoms with E-state index < -0.39 is 5.60 Å². The minimum Gasteiger partial charge on any atom is -0.386 e. The van der Waals surface area contributed by atoms with Gasteiger partial charge in [-0.2, -0.15) is 0 Å². The lowest BCUT2D eigenvalue weighted by Crippen LogP contribution is -2.31. The topological polar surface area (TPSA) is 67.2 Å². The quantitative estimate of drug-likeness (QED) is 0.810. The molecule has 0 bridgehead atoms. The number of fused-ring (bicyclic) bond motifs is 1. The van der Waals surface area contributed by atoms with Gasteiger partial charge in [0, 0.05) is 11.6 Å². The molecule has 1 aromatic carbocycles. The second-order valence-electron chi connectivity index (χ2n) is 8.53. The van der Waals surface area contributed by atoms with Gasteiger partial charge in [-0.15, -0.1) is 0 Å². The first-order chi connectivity index (χ1) is 11.9. The Hall–Kier alpha value is -2.14. The summed E-state index contributed by atoms with van der Waals surface area (Å²) in [6.07, 6.45) is 0.718. The number of nitrogens with one attached hydrogen (secondary N) is 1. The Morgan fingerprint density at radius 3 is 2.42 bits per heavy atom. The van der Waals surface area contributed by atoms with Gasteiger partial charge in [-0.1, -0.05) is 47.3 Å². The molecule has 5 heteroatoms. The fourth-order valence-corrected chi connectivity index (χ4v) is 2.63. The van der Waals surface area contributed by atoms with Crippen LogP contribution >= 0.6 is 0 Å². The van der Waals surface area contributed by atoms with Gasteiger partial charge >= 0.3 is 0 Å². The number of rotatable bonds is 5. The van der Waals surface area contributed by atoms with Crippen molar-refractivity contribution in [1.29, 1.82) is 0 Å². The van der Waals surface area contributed by atoms with Gasteiger partial charge in [0.25, 0.3) is 0 Å². The largest absolute Gasteiger partial charge is 0.386 e. The van der Waals surface area contributed by atoms with Gasteiger partial charge in [0.2, 0.25) is 11.9 Å². The molecular formula is C21H31N3O2. The van der Waals surface area contributed by atoms with Crippen LogP contribution in [0.4, 0.5) is 5.95 Å². The molecule has 2 N–H and O–H groups in total. The zero-order chi connectivity index (χ0) is 19.9. The molecule has 0 saturated heterocycles. The van der Waals surface area contributed by atoms with E-state index in [1.807, 2.05) is 57.4 Å². The number of imidazole rings is 1. The number of hydrogen-bond acceptors (Lipinski definition) is 3. The predicted octanol–water partition coefficient (Wildman–Crippen LogP) is 4.77. The van der Waals surface area contributed by atoms with E-state index in [9.17, 15) is 9.90 Å². The van der Waals surface area contributed by atoms with Crippen LogP contribution in [0.25, 0.3) is 16.7 Å². The highest BCUT2D eigenvalue weighted by molar-refractivity contribution is 5.94. The van der Waals surface area contributed by atoms with Crippen molar-refractivity contribution in [1.82, 2.24) is 9.55 Å². The minimum atomic E-state index is -0.957. The second kappa shape index (κ2) is 6.88. The Morgan fingerprint density at radius 2 is 1.92 bits per heavy atom. The van der Waals surface area contributed by atoms with Gasteiger partial charge < -0.3 is 5.11 Å². The van der Waals surface area contributed by atoms with Crippen molar-refractivity contribution in [2.24, 2.45) is 11.3 Å². The number of carbonyl (C=O) groups excluding carboxylic acids is 1. The minimum absolute atomic E-state index is 0.0688. The van der Waals surface area contributed by atoms with Gasteiger partial charge in [-0.3, -0.25) is 14.7 Å². The predicted molar refractivity (Wildman–Crippen MR) is 108 cm³/mol. The third-order valence-electron chi connectivity index (χ3n) is 5.01. The van der Waals surface area contributed by atoms with Crippen LogP contribution in [0.3, 0.4) is 0 Å². The highest BCUT2D eigenvalue weighted by Crippen LogP contribution is 2.31. The van der Waals surface area contributed by atoms with E-state index in [1.54, 1.807) is 13.8 Å². The summed E-state index contributed by atoms with van der Waals surface area (Å²) >= 11 is 0. The lowest BCUT2D eigenvalue weighted by molar-refractivity contribution is -0.122. The van der Waals surface area contributed by atoms with Crippen molar-refractivity contribution in [3.63, 3.8) is 0 Å². The number of hydrogen-bond donors (Lipinski definition) is 2. The number of anilines is 1. The number of nitrogens with zero attached hydrogens (tertiary/aromatic N) is 2. The van der Waals surface area contributed by atoms with Gasteiger partial charge in [0.05, 0.1) is 16.6 Å². The lowest BCUT2D eigenvalue weighted by atomic mass is 9.81. The monoisotopic (exact) mass is 357 g/mol. The maximum Gasteiger partial charge on any atom is 0.230 e. The van der Waals surface area contributed by atoms with E-state index in [4.69, 9.17) is 0 Å². The first kappa shape index (κ1) is 20.2. The number of allylic oxidation sites excluding steroid dienone is 1. The molecule has 26 heavy (non-hydrogen) atoms. The van der Waals surface area contributed by atoms with Crippen LogP contribution in [0.2, 0.25) is 0 Å². The van der Waals surface area contributed by atoms with Gasteiger partial charge in [0.15, 0.2) is 0 Å². The first-order valence-electron chi connectivity index (χ1n) is 9.10. The Labute approximate surface area is 156 Å².